The molecule has 11 heteroatoms. The average molecular weight is 449 g/mol. The third-order valence-corrected chi connectivity index (χ3v) is 6.06. The maximum atomic E-state index is 12.5. The van der Waals surface area contributed by atoms with Crippen molar-refractivity contribution in [3.63, 3.8) is 0 Å². The number of aliphatic hydroxyl groups excluding tert-OH is 1. The van der Waals surface area contributed by atoms with Crippen LogP contribution < -0.4 is 15.2 Å². The molecule has 0 spiro atoms. The van der Waals surface area contributed by atoms with Gasteiger partial charge in [-0.25, -0.2) is 9.67 Å². The summed E-state index contributed by atoms with van der Waals surface area (Å²) in [6.45, 7) is 4.12. The predicted molar refractivity (Wildman–Crippen MR) is 120 cm³/mol. The summed E-state index contributed by atoms with van der Waals surface area (Å²) in [4.78, 5) is 4.74. The first kappa shape index (κ1) is 22.9. The summed E-state index contributed by atoms with van der Waals surface area (Å²) in [5.41, 5.74) is 7.64. The van der Waals surface area contributed by atoms with E-state index in [9.17, 15) is 13.5 Å². The second kappa shape index (κ2) is 9.18. The molecule has 3 aromatic rings. The average Bonchev–Trinajstić information content (AvgIpc) is 3.16. The second-order valence-electron chi connectivity index (χ2n) is 7.59. The quantitative estimate of drug-likeness (QED) is 0.452. The molecule has 168 valence electrons. The van der Waals surface area contributed by atoms with Crippen molar-refractivity contribution in [1.29, 1.82) is 0 Å². The van der Waals surface area contributed by atoms with Crippen molar-refractivity contribution < 1.29 is 18.3 Å². The molecule has 2 heterocycles. The van der Waals surface area contributed by atoms with Gasteiger partial charge in [0.05, 0.1) is 23.0 Å². The number of anilines is 1. The molecule has 0 amide bonds. The van der Waals surface area contributed by atoms with Crippen LogP contribution in [0.1, 0.15) is 19.9 Å². The van der Waals surface area contributed by atoms with Crippen LogP contribution in [0.15, 0.2) is 36.5 Å². The highest BCUT2D eigenvalue weighted by atomic mass is 32.2. The van der Waals surface area contributed by atoms with Crippen LogP contribution in [0, 0.1) is 0 Å². The van der Waals surface area contributed by atoms with Gasteiger partial charge in [-0.3, -0.25) is 4.72 Å². The summed E-state index contributed by atoms with van der Waals surface area (Å²) in [6.07, 6.45) is 0.846. The lowest BCUT2D eigenvalue weighted by molar-refractivity contribution is 0.114. The Labute approximate surface area is 181 Å². The highest BCUT2D eigenvalue weighted by Gasteiger charge is 2.19. The zero-order chi connectivity index (χ0) is 22.8. The first-order chi connectivity index (χ1) is 14.6. The van der Waals surface area contributed by atoms with E-state index in [0.29, 0.717) is 28.2 Å². The minimum atomic E-state index is -3.73. The maximum absolute atomic E-state index is 12.5. The SMILES string of the molecule is CC(C)n1ncc2c(NS(=O)(=O)N(C)C)cc(-c3cccc(OCC(O)CN)c3)nc21. The Balaban J connectivity index is 2.09. The summed E-state index contributed by atoms with van der Waals surface area (Å²) >= 11 is 0. The standard InChI is InChI=1S/C20H28N6O4S/c1-13(2)26-20-17(11-22-26)19(24-31(28,29)25(3)4)9-18(23-20)14-6-5-7-16(8-14)30-12-15(27)10-21/h5-9,11,13,15,27H,10,12,21H2,1-4H3,(H,23,24). The number of nitrogens with two attached hydrogens (primary N) is 1. The molecule has 0 radical (unpaired) electrons. The minimum Gasteiger partial charge on any atom is -0.491 e. The summed E-state index contributed by atoms with van der Waals surface area (Å²) in [6, 6.07) is 8.89. The van der Waals surface area contributed by atoms with Gasteiger partial charge in [0, 0.05) is 32.2 Å². The summed E-state index contributed by atoms with van der Waals surface area (Å²) in [7, 11) is -0.819. The van der Waals surface area contributed by atoms with Gasteiger partial charge >= 0.3 is 10.2 Å². The van der Waals surface area contributed by atoms with E-state index in [0.717, 1.165) is 9.87 Å². The number of nitrogens with one attached hydrogen (secondary N) is 1. The molecule has 0 aliphatic rings. The Morgan fingerprint density at radius 3 is 2.68 bits per heavy atom. The van der Waals surface area contributed by atoms with Crippen molar-refractivity contribution in [2.75, 3.05) is 32.0 Å². The fourth-order valence-electron chi connectivity index (χ4n) is 2.86. The van der Waals surface area contributed by atoms with Gasteiger partial charge in [0.1, 0.15) is 18.5 Å². The lowest BCUT2D eigenvalue weighted by Gasteiger charge is -2.16. The van der Waals surface area contributed by atoms with E-state index in [2.05, 4.69) is 9.82 Å². The van der Waals surface area contributed by atoms with E-state index in [1.54, 1.807) is 35.1 Å². The highest BCUT2D eigenvalue weighted by molar-refractivity contribution is 7.90. The van der Waals surface area contributed by atoms with Crippen LogP contribution in [-0.4, -0.2) is 65.9 Å². The van der Waals surface area contributed by atoms with Crippen LogP contribution in [0.3, 0.4) is 0 Å². The first-order valence-corrected chi connectivity index (χ1v) is 11.3. The lowest BCUT2D eigenvalue weighted by atomic mass is 10.1. The topological polar surface area (TPSA) is 136 Å². The van der Waals surface area contributed by atoms with E-state index in [1.165, 1.54) is 14.1 Å². The Bertz CT molecular complexity index is 1160. The molecule has 0 saturated heterocycles. The third-order valence-electron chi connectivity index (χ3n) is 4.62. The lowest BCUT2D eigenvalue weighted by Crippen LogP contribution is -2.29. The number of benzene rings is 1. The van der Waals surface area contributed by atoms with E-state index < -0.39 is 16.3 Å². The second-order valence-corrected chi connectivity index (χ2v) is 9.48. The van der Waals surface area contributed by atoms with Gasteiger partial charge in [-0.2, -0.15) is 17.8 Å². The largest absolute Gasteiger partial charge is 0.491 e. The van der Waals surface area contributed by atoms with Gasteiger partial charge in [-0.15, -0.1) is 0 Å². The van der Waals surface area contributed by atoms with Gasteiger partial charge in [0.25, 0.3) is 0 Å². The maximum Gasteiger partial charge on any atom is 0.301 e. The number of rotatable bonds is 9. The van der Waals surface area contributed by atoms with Gasteiger partial charge in [0.2, 0.25) is 0 Å². The molecule has 1 unspecified atom stereocenters. The molecular formula is C20H28N6O4S. The highest BCUT2D eigenvalue weighted by Crippen LogP contribution is 2.31. The summed E-state index contributed by atoms with van der Waals surface area (Å²) < 4.78 is 36.0. The Morgan fingerprint density at radius 1 is 1.29 bits per heavy atom. The van der Waals surface area contributed by atoms with Crippen molar-refractivity contribution >= 4 is 26.9 Å². The monoisotopic (exact) mass is 448 g/mol. The van der Waals surface area contributed by atoms with Crippen LogP contribution in [0.2, 0.25) is 0 Å². The number of hydrogen-bond donors (Lipinski definition) is 3. The molecule has 1 aromatic carbocycles. The number of ether oxygens (including phenoxy) is 1. The molecule has 1 atom stereocenters. The van der Waals surface area contributed by atoms with E-state index in [4.69, 9.17) is 15.5 Å². The number of aromatic nitrogens is 3. The number of aliphatic hydroxyl groups is 1. The van der Waals surface area contributed by atoms with Gasteiger partial charge in [-0.1, -0.05) is 12.1 Å². The van der Waals surface area contributed by atoms with Crippen molar-refractivity contribution in [2.45, 2.75) is 26.0 Å². The smallest absolute Gasteiger partial charge is 0.301 e. The molecule has 31 heavy (non-hydrogen) atoms. The molecular weight excluding hydrogens is 420 g/mol. The van der Waals surface area contributed by atoms with Crippen LogP contribution in [0.5, 0.6) is 5.75 Å². The van der Waals surface area contributed by atoms with Gasteiger partial charge < -0.3 is 15.6 Å². The Morgan fingerprint density at radius 2 is 2.03 bits per heavy atom. The van der Waals surface area contributed by atoms with Crippen LogP contribution in [0.25, 0.3) is 22.3 Å². The van der Waals surface area contributed by atoms with Crippen molar-refractivity contribution in [3.8, 4) is 17.0 Å². The fraction of sp³-hybridized carbons (Fsp3) is 0.400. The van der Waals surface area contributed by atoms with Crippen molar-refractivity contribution in [3.05, 3.63) is 36.5 Å². The zero-order valence-electron chi connectivity index (χ0n) is 18.0. The minimum absolute atomic E-state index is 0.0333. The Kier molecular flexibility index (Phi) is 6.80. The molecule has 0 saturated carbocycles. The van der Waals surface area contributed by atoms with Crippen molar-refractivity contribution in [2.24, 2.45) is 5.73 Å². The van der Waals surface area contributed by atoms with Crippen LogP contribution in [-0.2, 0) is 10.2 Å². The predicted octanol–water partition coefficient (Wildman–Crippen LogP) is 1.60. The summed E-state index contributed by atoms with van der Waals surface area (Å²) in [5.74, 6) is 0.541. The van der Waals surface area contributed by atoms with Crippen LogP contribution >= 0.6 is 0 Å². The molecule has 2 aromatic heterocycles. The molecule has 0 aliphatic heterocycles. The molecule has 0 aliphatic carbocycles. The fourth-order valence-corrected chi connectivity index (χ4v) is 3.49. The molecule has 0 fully saturated rings. The first-order valence-electron chi connectivity index (χ1n) is 9.82. The molecule has 3 rings (SSSR count). The Hall–Kier alpha value is -2.73. The normalized spacial score (nSPS) is 13.2. The molecule has 0 bridgehead atoms. The molecule has 10 nitrogen and oxygen atoms in total. The van der Waals surface area contributed by atoms with Crippen LogP contribution in [0.4, 0.5) is 5.69 Å². The van der Waals surface area contributed by atoms with Gasteiger partial charge in [0.15, 0.2) is 5.65 Å². The summed E-state index contributed by atoms with van der Waals surface area (Å²) in [5, 5.41) is 14.6. The number of hydrogen-bond acceptors (Lipinski definition) is 7. The van der Waals surface area contributed by atoms with E-state index in [-0.39, 0.29) is 19.2 Å². The third kappa shape index (κ3) is 5.13. The van der Waals surface area contributed by atoms with Gasteiger partial charge in [-0.05, 0) is 32.0 Å². The number of pyridine rings is 1. The number of fused-ring (bicyclic) bond motifs is 1. The van der Waals surface area contributed by atoms with E-state index in [1.807, 2.05) is 19.9 Å². The molecule has 4 N–H and O–H groups in total. The van der Waals surface area contributed by atoms with Crippen molar-refractivity contribution in [1.82, 2.24) is 19.1 Å². The zero-order valence-corrected chi connectivity index (χ0v) is 18.8. The van der Waals surface area contributed by atoms with E-state index >= 15 is 0 Å². The number of nitrogens with zero attached hydrogens (tertiary/aromatic N) is 4.